The summed E-state index contributed by atoms with van der Waals surface area (Å²) in [6, 6.07) is 58.0. The number of thiophene rings is 1. The van der Waals surface area contributed by atoms with E-state index in [9.17, 15) is 0 Å². The number of hydrogen-bond donors (Lipinski definition) is 0. The highest BCUT2D eigenvalue weighted by Gasteiger charge is 2.17. The molecule has 0 saturated heterocycles. The van der Waals surface area contributed by atoms with Gasteiger partial charge in [0.15, 0.2) is 17.5 Å². The molecule has 0 radical (unpaired) electrons. The molecule has 0 aliphatic heterocycles. The summed E-state index contributed by atoms with van der Waals surface area (Å²) >= 11 is 1.89. The molecule has 0 aliphatic rings. The van der Waals surface area contributed by atoms with Gasteiger partial charge in [0.05, 0.1) is 0 Å². The molecule has 0 atom stereocenters. The predicted octanol–water partition coefficient (Wildman–Crippen LogP) is 12.4. The van der Waals surface area contributed by atoms with Crippen LogP contribution in [0.15, 0.2) is 164 Å². The van der Waals surface area contributed by atoms with Crippen LogP contribution in [0.5, 0.6) is 0 Å². The van der Waals surface area contributed by atoms with Gasteiger partial charge in [-0.3, -0.25) is 0 Å². The Morgan fingerprint density at radius 2 is 0.898 bits per heavy atom. The lowest BCUT2D eigenvalue weighted by Crippen LogP contribution is -2.00. The lowest BCUT2D eigenvalue weighted by molar-refractivity contribution is 1.07. The van der Waals surface area contributed by atoms with Crippen LogP contribution in [0.25, 0.3) is 97.8 Å². The van der Waals surface area contributed by atoms with Crippen molar-refractivity contribution >= 4 is 63.8 Å². The number of aromatic nitrogens is 3. The molecular formula is C45H27N3S. The third-order valence-electron chi connectivity index (χ3n) is 9.46. The monoisotopic (exact) mass is 641 g/mol. The minimum atomic E-state index is 0.656. The number of nitrogens with zero attached hydrogens (tertiary/aromatic N) is 3. The van der Waals surface area contributed by atoms with Crippen molar-refractivity contribution in [2.24, 2.45) is 0 Å². The van der Waals surface area contributed by atoms with E-state index in [-0.39, 0.29) is 0 Å². The van der Waals surface area contributed by atoms with Gasteiger partial charge in [0, 0.05) is 42.2 Å². The van der Waals surface area contributed by atoms with Gasteiger partial charge in [0.1, 0.15) is 0 Å². The molecule has 0 aliphatic carbocycles. The molecule has 0 fully saturated rings. The molecule has 0 amide bonds. The fourth-order valence-corrected chi connectivity index (χ4v) is 8.40. The van der Waals surface area contributed by atoms with Crippen molar-refractivity contribution in [2.45, 2.75) is 0 Å². The van der Waals surface area contributed by atoms with Crippen molar-refractivity contribution in [1.82, 2.24) is 15.0 Å². The average molecular weight is 642 g/mol. The first-order valence-corrected chi connectivity index (χ1v) is 17.3. The van der Waals surface area contributed by atoms with Gasteiger partial charge >= 0.3 is 0 Å². The normalized spacial score (nSPS) is 11.7. The smallest absolute Gasteiger partial charge is 0.164 e. The molecule has 0 bridgehead atoms. The zero-order valence-corrected chi connectivity index (χ0v) is 27.2. The van der Waals surface area contributed by atoms with Gasteiger partial charge in [0.25, 0.3) is 0 Å². The Kier molecular flexibility index (Phi) is 6.36. The predicted molar refractivity (Wildman–Crippen MR) is 207 cm³/mol. The minimum absolute atomic E-state index is 0.656. The van der Waals surface area contributed by atoms with E-state index in [1.165, 1.54) is 58.2 Å². The summed E-state index contributed by atoms with van der Waals surface area (Å²) in [5, 5.41) is 10.1. The highest BCUT2D eigenvalue weighted by molar-refractivity contribution is 7.27. The lowest BCUT2D eigenvalue weighted by Gasteiger charge is -2.12. The summed E-state index contributed by atoms with van der Waals surface area (Å²) in [7, 11) is 0. The SMILES string of the molecule is c1ccc(-c2nc(-c3ccccc3)nc(-c3ccc4ccc(-c5cc6ccc7ccccc7c6c6sc7ccccc7c56)cc4c3)n2)cc1. The van der Waals surface area contributed by atoms with Crippen LogP contribution in [-0.2, 0) is 0 Å². The van der Waals surface area contributed by atoms with Crippen molar-refractivity contribution in [3.8, 4) is 45.3 Å². The molecule has 0 N–H and O–H groups in total. The molecule has 4 heteroatoms. The maximum absolute atomic E-state index is 4.99. The Morgan fingerprint density at radius 3 is 1.63 bits per heavy atom. The van der Waals surface area contributed by atoms with E-state index < -0.39 is 0 Å². The quantitative estimate of drug-likeness (QED) is 0.180. The fourth-order valence-electron chi connectivity index (χ4n) is 7.10. The van der Waals surface area contributed by atoms with Crippen LogP contribution in [0, 0.1) is 0 Å². The Bertz CT molecular complexity index is 2820. The van der Waals surface area contributed by atoms with Crippen molar-refractivity contribution in [3.63, 3.8) is 0 Å². The molecule has 3 nitrogen and oxygen atoms in total. The van der Waals surface area contributed by atoms with Crippen molar-refractivity contribution < 1.29 is 0 Å². The van der Waals surface area contributed by atoms with E-state index in [0.29, 0.717) is 17.5 Å². The maximum atomic E-state index is 4.99. The minimum Gasteiger partial charge on any atom is -0.208 e. The van der Waals surface area contributed by atoms with Crippen LogP contribution in [0.4, 0.5) is 0 Å². The molecule has 8 aromatic carbocycles. The Balaban J connectivity index is 1.18. The molecule has 2 heterocycles. The second-order valence-corrected chi connectivity index (χ2v) is 13.5. The summed E-state index contributed by atoms with van der Waals surface area (Å²) in [6.07, 6.45) is 0. The van der Waals surface area contributed by atoms with Gasteiger partial charge in [-0.05, 0) is 62.3 Å². The first kappa shape index (κ1) is 27.8. The van der Waals surface area contributed by atoms with Gasteiger partial charge in [-0.15, -0.1) is 11.3 Å². The highest BCUT2D eigenvalue weighted by Crippen LogP contribution is 2.46. The highest BCUT2D eigenvalue weighted by atomic mass is 32.1. The van der Waals surface area contributed by atoms with E-state index in [0.717, 1.165) is 22.1 Å². The largest absolute Gasteiger partial charge is 0.208 e. The third kappa shape index (κ3) is 4.68. The summed E-state index contributed by atoms with van der Waals surface area (Å²) in [5.41, 5.74) is 5.32. The number of fused-ring (bicyclic) bond motifs is 8. The van der Waals surface area contributed by atoms with Crippen LogP contribution >= 0.6 is 11.3 Å². The van der Waals surface area contributed by atoms with Crippen molar-refractivity contribution in [3.05, 3.63) is 164 Å². The van der Waals surface area contributed by atoms with Gasteiger partial charge in [0.2, 0.25) is 0 Å². The standard InChI is InChI=1S/C45H27N3S/c1-3-12-30(13-4-1)43-46-44(31-14-5-2-6-15-31)48-45(47-43)34-24-20-28-19-22-32(25-35(28)26-34)38-27-33-23-21-29-11-7-8-16-36(29)40(33)42-41(38)37-17-9-10-18-39(37)49-42/h1-27H. The van der Waals surface area contributed by atoms with Crippen molar-refractivity contribution in [1.29, 1.82) is 0 Å². The first-order chi connectivity index (χ1) is 24.3. The summed E-state index contributed by atoms with van der Waals surface area (Å²) in [6.45, 7) is 0. The van der Waals surface area contributed by atoms with Crippen LogP contribution in [-0.4, -0.2) is 15.0 Å². The fraction of sp³-hybridized carbons (Fsp3) is 0. The van der Waals surface area contributed by atoms with Crippen LogP contribution in [0.2, 0.25) is 0 Å². The molecule has 228 valence electrons. The van der Waals surface area contributed by atoms with E-state index >= 15 is 0 Å². The van der Waals surface area contributed by atoms with E-state index in [1.54, 1.807) is 0 Å². The first-order valence-electron chi connectivity index (χ1n) is 16.4. The number of benzene rings is 8. The van der Waals surface area contributed by atoms with Gasteiger partial charge in [-0.1, -0.05) is 140 Å². The average Bonchev–Trinajstić information content (AvgIpc) is 3.57. The molecule has 10 aromatic rings. The molecule has 10 rings (SSSR count). The maximum Gasteiger partial charge on any atom is 0.164 e. The van der Waals surface area contributed by atoms with Crippen LogP contribution in [0.3, 0.4) is 0 Å². The lowest BCUT2D eigenvalue weighted by atomic mass is 9.92. The molecule has 49 heavy (non-hydrogen) atoms. The van der Waals surface area contributed by atoms with Crippen LogP contribution in [0.1, 0.15) is 0 Å². The number of rotatable bonds is 4. The summed E-state index contributed by atoms with van der Waals surface area (Å²) < 4.78 is 2.65. The Morgan fingerprint density at radius 1 is 0.347 bits per heavy atom. The summed E-state index contributed by atoms with van der Waals surface area (Å²) in [5.74, 6) is 1.98. The van der Waals surface area contributed by atoms with Crippen LogP contribution < -0.4 is 0 Å². The molecular weight excluding hydrogens is 615 g/mol. The Hall–Kier alpha value is -6.23. The molecule has 0 unspecified atom stereocenters. The van der Waals surface area contributed by atoms with Crippen molar-refractivity contribution in [2.75, 3.05) is 0 Å². The van der Waals surface area contributed by atoms with Gasteiger partial charge in [-0.2, -0.15) is 0 Å². The van der Waals surface area contributed by atoms with E-state index in [1.807, 2.05) is 72.0 Å². The van der Waals surface area contributed by atoms with E-state index in [2.05, 4.69) is 103 Å². The van der Waals surface area contributed by atoms with Gasteiger partial charge < -0.3 is 0 Å². The second-order valence-electron chi connectivity index (χ2n) is 12.4. The van der Waals surface area contributed by atoms with Gasteiger partial charge in [-0.25, -0.2) is 15.0 Å². The zero-order valence-electron chi connectivity index (χ0n) is 26.3. The molecule has 0 spiro atoms. The second kappa shape index (κ2) is 11.2. The summed E-state index contributed by atoms with van der Waals surface area (Å²) in [4.78, 5) is 14.9. The topological polar surface area (TPSA) is 38.7 Å². The van der Waals surface area contributed by atoms with E-state index in [4.69, 9.17) is 15.0 Å². The number of hydrogen-bond acceptors (Lipinski definition) is 4. The zero-order chi connectivity index (χ0) is 32.3. The third-order valence-corrected chi connectivity index (χ3v) is 10.7. The Labute approximate surface area is 286 Å². The molecule has 2 aromatic heterocycles. The molecule has 0 saturated carbocycles.